The highest BCUT2D eigenvalue weighted by Crippen LogP contribution is 2.25. The molecule has 2 aliphatic rings. The number of carbonyl (C=O) groups is 3. The number of hydrogen-bond donors (Lipinski definition) is 1. The normalized spacial score (nSPS) is 22.7. The molecule has 1 fully saturated rings. The Morgan fingerprint density at radius 1 is 1.41 bits per heavy atom. The molecule has 2 rings (SSSR count). The summed E-state index contributed by atoms with van der Waals surface area (Å²) in [6.07, 6.45) is 13.6. The van der Waals surface area contributed by atoms with E-state index in [-0.39, 0.29) is 24.1 Å². The van der Waals surface area contributed by atoms with Crippen LogP contribution in [0.2, 0.25) is 0 Å². The minimum Gasteiger partial charge on any atom is -0.378 e. The smallest absolute Gasteiger partial charge is 0.225 e. The molecular formula is C21H32N2O4. The van der Waals surface area contributed by atoms with Gasteiger partial charge in [0.2, 0.25) is 12.3 Å². The molecule has 4 unspecified atom stereocenters. The maximum absolute atomic E-state index is 12.8. The molecule has 0 saturated carbocycles. The van der Waals surface area contributed by atoms with Crippen LogP contribution in [0.1, 0.15) is 51.9 Å². The molecular weight excluding hydrogens is 344 g/mol. The van der Waals surface area contributed by atoms with Crippen molar-refractivity contribution in [3.8, 4) is 0 Å². The second kappa shape index (κ2) is 11.0. The molecule has 150 valence electrons. The first-order valence-corrected chi connectivity index (χ1v) is 9.94. The number of carbonyl (C=O) groups excluding carboxylic acids is 3. The number of aldehydes is 1. The molecule has 1 saturated heterocycles. The van der Waals surface area contributed by atoms with Crippen molar-refractivity contribution < 1.29 is 19.1 Å². The minimum atomic E-state index is -0.400. The van der Waals surface area contributed by atoms with Crippen molar-refractivity contribution in [1.82, 2.24) is 10.2 Å². The third-order valence-electron chi connectivity index (χ3n) is 5.62. The summed E-state index contributed by atoms with van der Waals surface area (Å²) in [5.74, 6) is -0.525. The van der Waals surface area contributed by atoms with Gasteiger partial charge in [-0.1, -0.05) is 30.7 Å². The van der Waals surface area contributed by atoms with E-state index in [9.17, 15) is 14.4 Å². The van der Waals surface area contributed by atoms with E-state index in [4.69, 9.17) is 4.74 Å². The number of rotatable bonds is 11. The van der Waals surface area contributed by atoms with Crippen LogP contribution in [0.15, 0.2) is 23.8 Å². The number of hydrogen-bond acceptors (Lipinski definition) is 4. The van der Waals surface area contributed by atoms with Gasteiger partial charge < -0.3 is 19.7 Å². The Morgan fingerprint density at radius 2 is 2.22 bits per heavy atom. The minimum absolute atomic E-state index is 0.0738. The van der Waals surface area contributed by atoms with Gasteiger partial charge in [0.25, 0.3) is 0 Å². The number of methoxy groups -OCH3 is 1. The second-order valence-electron chi connectivity index (χ2n) is 7.45. The quantitative estimate of drug-likeness (QED) is 0.562. The molecule has 2 amide bonds. The highest BCUT2D eigenvalue weighted by Gasteiger charge is 2.37. The number of ether oxygens (including phenoxy) is 1. The topological polar surface area (TPSA) is 75.7 Å². The Balaban J connectivity index is 1.93. The highest BCUT2D eigenvalue weighted by molar-refractivity contribution is 5.79. The number of likely N-dealkylation sites (tertiary alicyclic amines) is 1. The van der Waals surface area contributed by atoms with Crippen LogP contribution < -0.4 is 5.32 Å². The van der Waals surface area contributed by atoms with Crippen molar-refractivity contribution in [2.45, 2.75) is 70.1 Å². The molecule has 0 spiro atoms. The van der Waals surface area contributed by atoms with Crippen molar-refractivity contribution in [2.75, 3.05) is 13.7 Å². The first kappa shape index (κ1) is 21.4. The van der Waals surface area contributed by atoms with Crippen LogP contribution in [0.5, 0.6) is 0 Å². The maximum atomic E-state index is 12.8. The van der Waals surface area contributed by atoms with Gasteiger partial charge in [-0.05, 0) is 38.5 Å². The van der Waals surface area contributed by atoms with E-state index in [2.05, 4.69) is 23.5 Å². The summed E-state index contributed by atoms with van der Waals surface area (Å²) in [5, 5.41) is 3.02. The lowest BCUT2D eigenvalue weighted by Crippen LogP contribution is -2.49. The molecule has 6 heteroatoms. The predicted molar refractivity (Wildman–Crippen MR) is 104 cm³/mol. The lowest BCUT2D eigenvalue weighted by molar-refractivity contribution is -0.134. The third-order valence-corrected chi connectivity index (χ3v) is 5.62. The SMILES string of the molecule is COC(C(C)C(=O)NC(CC=O)CCC1=CCCC=C1)C1CCCN1C=O. The zero-order valence-electron chi connectivity index (χ0n) is 16.4. The average Bonchev–Trinajstić information content (AvgIpc) is 3.16. The van der Waals surface area contributed by atoms with Gasteiger partial charge in [0, 0.05) is 26.1 Å². The number of nitrogens with zero attached hydrogens (tertiary/aromatic N) is 1. The zero-order valence-corrected chi connectivity index (χ0v) is 16.4. The van der Waals surface area contributed by atoms with Crippen molar-refractivity contribution in [2.24, 2.45) is 5.92 Å². The largest absolute Gasteiger partial charge is 0.378 e. The molecule has 27 heavy (non-hydrogen) atoms. The monoisotopic (exact) mass is 376 g/mol. The van der Waals surface area contributed by atoms with Crippen molar-refractivity contribution in [3.05, 3.63) is 23.8 Å². The zero-order chi connectivity index (χ0) is 19.6. The van der Waals surface area contributed by atoms with Crippen molar-refractivity contribution in [3.63, 3.8) is 0 Å². The molecule has 1 N–H and O–H groups in total. The molecule has 1 aliphatic heterocycles. The fourth-order valence-corrected chi connectivity index (χ4v) is 4.03. The van der Waals surface area contributed by atoms with Crippen LogP contribution in [0, 0.1) is 5.92 Å². The predicted octanol–water partition coefficient (Wildman–Crippen LogP) is 2.39. The van der Waals surface area contributed by atoms with Gasteiger partial charge in [0.1, 0.15) is 6.29 Å². The van der Waals surface area contributed by atoms with E-state index < -0.39 is 5.92 Å². The first-order valence-electron chi connectivity index (χ1n) is 9.94. The molecule has 0 aromatic heterocycles. The Hall–Kier alpha value is -1.95. The molecule has 4 atom stereocenters. The van der Waals surface area contributed by atoms with Gasteiger partial charge in [-0.2, -0.15) is 0 Å². The van der Waals surface area contributed by atoms with E-state index >= 15 is 0 Å². The van der Waals surface area contributed by atoms with E-state index in [1.807, 2.05) is 6.92 Å². The summed E-state index contributed by atoms with van der Waals surface area (Å²) in [7, 11) is 1.58. The third kappa shape index (κ3) is 6.03. The molecule has 0 radical (unpaired) electrons. The van der Waals surface area contributed by atoms with E-state index in [0.717, 1.165) is 51.2 Å². The summed E-state index contributed by atoms with van der Waals surface area (Å²) in [6.45, 7) is 2.54. The average molecular weight is 376 g/mol. The van der Waals surface area contributed by atoms with Crippen LogP contribution >= 0.6 is 0 Å². The van der Waals surface area contributed by atoms with Crippen LogP contribution in [-0.4, -0.2) is 55.3 Å². The molecule has 6 nitrogen and oxygen atoms in total. The van der Waals surface area contributed by atoms with E-state index in [1.165, 1.54) is 5.57 Å². The first-order chi connectivity index (χ1) is 13.1. The Bertz CT molecular complexity index is 573. The second-order valence-corrected chi connectivity index (χ2v) is 7.45. The fourth-order valence-electron chi connectivity index (χ4n) is 4.03. The van der Waals surface area contributed by atoms with Crippen LogP contribution in [0.25, 0.3) is 0 Å². The lowest BCUT2D eigenvalue weighted by Gasteiger charge is -2.32. The van der Waals surface area contributed by atoms with Gasteiger partial charge in [-0.25, -0.2) is 0 Å². The summed E-state index contributed by atoms with van der Waals surface area (Å²) >= 11 is 0. The highest BCUT2D eigenvalue weighted by atomic mass is 16.5. The lowest BCUT2D eigenvalue weighted by atomic mass is 9.94. The van der Waals surface area contributed by atoms with Gasteiger partial charge in [0.15, 0.2) is 0 Å². The van der Waals surface area contributed by atoms with Crippen LogP contribution in [0.4, 0.5) is 0 Å². The van der Waals surface area contributed by atoms with Crippen molar-refractivity contribution in [1.29, 1.82) is 0 Å². The van der Waals surface area contributed by atoms with Crippen molar-refractivity contribution >= 4 is 18.6 Å². The standard InChI is InChI=1S/C21H32N2O4/c1-16(20(27-2)19-9-6-13-23(19)15-25)21(26)22-18(12-14-24)11-10-17-7-4-3-5-8-17/h4,7-8,14-16,18-20H,3,5-6,9-13H2,1-2H3,(H,22,26). The number of allylic oxidation sites excluding steroid dienone is 4. The van der Waals surface area contributed by atoms with Crippen LogP contribution in [-0.2, 0) is 19.1 Å². The fraction of sp³-hybridized carbons (Fsp3) is 0.667. The summed E-state index contributed by atoms with van der Waals surface area (Å²) in [4.78, 5) is 36.8. The summed E-state index contributed by atoms with van der Waals surface area (Å²) in [5.41, 5.74) is 1.27. The molecule has 0 aromatic carbocycles. The molecule has 0 aromatic rings. The van der Waals surface area contributed by atoms with Crippen LogP contribution in [0.3, 0.4) is 0 Å². The van der Waals surface area contributed by atoms with E-state index in [0.29, 0.717) is 13.0 Å². The maximum Gasteiger partial charge on any atom is 0.225 e. The summed E-state index contributed by atoms with van der Waals surface area (Å²) in [6, 6.07) is -0.257. The van der Waals surface area contributed by atoms with Gasteiger partial charge in [-0.15, -0.1) is 0 Å². The Morgan fingerprint density at radius 3 is 2.85 bits per heavy atom. The molecule has 1 aliphatic carbocycles. The number of amides is 2. The van der Waals surface area contributed by atoms with E-state index in [1.54, 1.807) is 12.0 Å². The van der Waals surface area contributed by atoms with Gasteiger partial charge >= 0.3 is 0 Å². The Kier molecular flexibility index (Phi) is 8.72. The molecule has 1 heterocycles. The number of nitrogens with one attached hydrogen (secondary N) is 1. The van der Waals surface area contributed by atoms with Gasteiger partial charge in [0.05, 0.1) is 18.1 Å². The van der Waals surface area contributed by atoms with Gasteiger partial charge in [-0.3, -0.25) is 9.59 Å². The summed E-state index contributed by atoms with van der Waals surface area (Å²) < 4.78 is 5.60. The molecule has 0 bridgehead atoms. The Labute approximate surface area is 162 Å².